The van der Waals surface area contributed by atoms with E-state index in [1.54, 1.807) is 19.9 Å². The zero-order chi connectivity index (χ0) is 15.7. The van der Waals surface area contributed by atoms with Crippen LogP contribution in [0.1, 0.15) is 21.6 Å². The first kappa shape index (κ1) is 14.4. The maximum atomic E-state index is 11.4. The molecule has 0 fully saturated rings. The van der Waals surface area contributed by atoms with Crippen LogP contribution in [-0.4, -0.2) is 25.8 Å². The molecule has 0 unspecified atom stereocenters. The Labute approximate surface area is 118 Å². The van der Waals surface area contributed by atoms with Crippen LogP contribution in [-0.2, 0) is 0 Å². The standard InChI is InChI=1S/C13H11N3O5/c1-7-3-4-9(16(20)21)8(2)12(7)15-6-5-10(17)11(14-15)13(18)19/h3-6H,1-2H3,(H,18,19). The minimum atomic E-state index is -1.45. The highest BCUT2D eigenvalue weighted by Crippen LogP contribution is 2.26. The number of benzene rings is 1. The van der Waals surface area contributed by atoms with Gasteiger partial charge in [0.25, 0.3) is 5.69 Å². The molecule has 0 bridgehead atoms. The molecule has 0 aliphatic heterocycles. The predicted molar refractivity (Wildman–Crippen MR) is 72.9 cm³/mol. The van der Waals surface area contributed by atoms with Crippen molar-refractivity contribution in [1.82, 2.24) is 9.78 Å². The number of aromatic nitrogens is 2. The number of hydrogen-bond acceptors (Lipinski definition) is 5. The lowest BCUT2D eigenvalue weighted by Crippen LogP contribution is -2.21. The summed E-state index contributed by atoms with van der Waals surface area (Å²) in [4.78, 5) is 32.8. The van der Waals surface area contributed by atoms with Crippen molar-refractivity contribution in [3.8, 4) is 5.69 Å². The van der Waals surface area contributed by atoms with E-state index in [4.69, 9.17) is 5.11 Å². The van der Waals surface area contributed by atoms with Crippen molar-refractivity contribution in [2.75, 3.05) is 0 Å². The van der Waals surface area contributed by atoms with Crippen LogP contribution < -0.4 is 5.43 Å². The highest BCUT2D eigenvalue weighted by atomic mass is 16.6. The van der Waals surface area contributed by atoms with Crippen LogP contribution in [0.2, 0.25) is 0 Å². The third-order valence-corrected chi connectivity index (χ3v) is 3.04. The van der Waals surface area contributed by atoms with E-state index < -0.39 is 22.0 Å². The van der Waals surface area contributed by atoms with Gasteiger partial charge in [0, 0.05) is 18.3 Å². The fraction of sp³-hybridized carbons (Fsp3) is 0.154. The second-order valence-corrected chi connectivity index (χ2v) is 4.41. The lowest BCUT2D eigenvalue weighted by molar-refractivity contribution is -0.385. The van der Waals surface area contributed by atoms with Crippen molar-refractivity contribution in [3.05, 3.63) is 61.6 Å². The molecule has 0 saturated heterocycles. The number of aryl methyl sites for hydroxylation is 1. The quantitative estimate of drug-likeness (QED) is 0.675. The fourth-order valence-electron chi connectivity index (χ4n) is 2.06. The molecule has 2 aromatic rings. The molecule has 8 nitrogen and oxygen atoms in total. The van der Waals surface area contributed by atoms with Gasteiger partial charge in [-0.3, -0.25) is 14.9 Å². The van der Waals surface area contributed by atoms with Crippen molar-refractivity contribution < 1.29 is 14.8 Å². The lowest BCUT2D eigenvalue weighted by Gasteiger charge is -2.12. The average molecular weight is 289 g/mol. The highest BCUT2D eigenvalue weighted by molar-refractivity contribution is 5.84. The molecule has 0 radical (unpaired) electrons. The Hall–Kier alpha value is -3.03. The van der Waals surface area contributed by atoms with Gasteiger partial charge < -0.3 is 5.11 Å². The Balaban J connectivity index is 2.76. The van der Waals surface area contributed by atoms with E-state index in [1.165, 1.54) is 16.9 Å². The van der Waals surface area contributed by atoms with Gasteiger partial charge in [0.05, 0.1) is 16.2 Å². The predicted octanol–water partition coefficient (Wildman–Crippen LogP) is 1.46. The molecule has 2 rings (SSSR count). The number of aromatic carboxylic acids is 1. The van der Waals surface area contributed by atoms with Crippen LogP contribution in [0.25, 0.3) is 5.69 Å². The Morgan fingerprint density at radius 2 is 2.00 bits per heavy atom. The minimum absolute atomic E-state index is 0.104. The van der Waals surface area contributed by atoms with E-state index in [0.29, 0.717) is 16.8 Å². The first-order valence-electron chi connectivity index (χ1n) is 5.91. The SMILES string of the molecule is Cc1ccc([N+](=O)[O-])c(C)c1-n1ccc(=O)c(C(=O)O)n1. The van der Waals surface area contributed by atoms with Gasteiger partial charge in [0.1, 0.15) is 0 Å². The van der Waals surface area contributed by atoms with Crippen molar-refractivity contribution in [1.29, 1.82) is 0 Å². The van der Waals surface area contributed by atoms with Crippen LogP contribution in [0.4, 0.5) is 5.69 Å². The number of nitro benzene ring substituents is 1. The largest absolute Gasteiger partial charge is 0.476 e. The zero-order valence-electron chi connectivity index (χ0n) is 11.2. The van der Waals surface area contributed by atoms with Gasteiger partial charge in [-0.25, -0.2) is 9.48 Å². The zero-order valence-corrected chi connectivity index (χ0v) is 11.2. The Bertz CT molecular complexity index is 810. The van der Waals surface area contributed by atoms with E-state index >= 15 is 0 Å². The van der Waals surface area contributed by atoms with Gasteiger partial charge in [0.2, 0.25) is 11.1 Å². The molecule has 0 saturated carbocycles. The maximum Gasteiger partial charge on any atom is 0.360 e. The summed E-state index contributed by atoms with van der Waals surface area (Å²) in [6.07, 6.45) is 1.29. The van der Waals surface area contributed by atoms with Crippen molar-refractivity contribution >= 4 is 11.7 Å². The average Bonchev–Trinajstić information content (AvgIpc) is 2.39. The summed E-state index contributed by atoms with van der Waals surface area (Å²) in [6, 6.07) is 3.98. The molecule has 1 N–H and O–H groups in total. The number of carboxylic acids is 1. The molecule has 0 amide bonds. The second-order valence-electron chi connectivity index (χ2n) is 4.41. The molecule has 1 heterocycles. The van der Waals surface area contributed by atoms with Gasteiger partial charge >= 0.3 is 5.97 Å². The highest BCUT2D eigenvalue weighted by Gasteiger charge is 2.19. The Morgan fingerprint density at radius 3 is 2.57 bits per heavy atom. The van der Waals surface area contributed by atoms with Crippen molar-refractivity contribution in [2.45, 2.75) is 13.8 Å². The normalized spacial score (nSPS) is 10.4. The summed E-state index contributed by atoms with van der Waals surface area (Å²) in [5.74, 6) is -1.45. The smallest absolute Gasteiger partial charge is 0.360 e. The summed E-state index contributed by atoms with van der Waals surface area (Å²) in [5, 5.41) is 23.7. The van der Waals surface area contributed by atoms with E-state index in [2.05, 4.69) is 5.10 Å². The fourth-order valence-corrected chi connectivity index (χ4v) is 2.06. The number of hydrogen-bond donors (Lipinski definition) is 1. The summed E-state index contributed by atoms with van der Waals surface area (Å²) in [5.41, 5.74) is -0.0694. The molecule has 1 aromatic heterocycles. The third kappa shape index (κ3) is 2.50. The van der Waals surface area contributed by atoms with Crippen molar-refractivity contribution in [2.24, 2.45) is 0 Å². The van der Waals surface area contributed by atoms with E-state index in [1.807, 2.05) is 0 Å². The molecule has 0 atom stereocenters. The summed E-state index contributed by atoms with van der Waals surface area (Å²) in [7, 11) is 0. The number of carbonyl (C=O) groups is 1. The molecule has 1 aromatic carbocycles. The van der Waals surface area contributed by atoms with Crippen LogP contribution in [0.15, 0.2) is 29.2 Å². The van der Waals surface area contributed by atoms with Gasteiger partial charge in [-0.15, -0.1) is 0 Å². The summed E-state index contributed by atoms with van der Waals surface area (Å²) >= 11 is 0. The van der Waals surface area contributed by atoms with Crippen LogP contribution in [0.3, 0.4) is 0 Å². The summed E-state index contributed by atoms with van der Waals surface area (Å²) < 4.78 is 1.17. The minimum Gasteiger partial charge on any atom is -0.476 e. The molecule has 21 heavy (non-hydrogen) atoms. The number of nitrogens with zero attached hydrogens (tertiary/aromatic N) is 3. The first-order valence-corrected chi connectivity index (χ1v) is 5.91. The molecule has 108 valence electrons. The first-order chi connectivity index (χ1) is 9.82. The number of carboxylic acid groups (broad SMARTS) is 1. The van der Waals surface area contributed by atoms with Crippen LogP contribution in [0.5, 0.6) is 0 Å². The van der Waals surface area contributed by atoms with Crippen LogP contribution >= 0.6 is 0 Å². The number of nitro groups is 1. The Kier molecular flexibility index (Phi) is 3.53. The van der Waals surface area contributed by atoms with E-state index in [9.17, 15) is 19.7 Å². The van der Waals surface area contributed by atoms with Gasteiger partial charge in [-0.1, -0.05) is 6.07 Å². The molecule has 0 aliphatic carbocycles. The van der Waals surface area contributed by atoms with Gasteiger partial charge in [-0.2, -0.15) is 5.10 Å². The Morgan fingerprint density at radius 1 is 1.33 bits per heavy atom. The molecule has 0 aliphatic rings. The molecular formula is C13H11N3O5. The van der Waals surface area contributed by atoms with Gasteiger partial charge in [0.15, 0.2) is 0 Å². The monoisotopic (exact) mass is 289 g/mol. The molecular weight excluding hydrogens is 278 g/mol. The van der Waals surface area contributed by atoms with E-state index in [0.717, 1.165) is 6.07 Å². The summed E-state index contributed by atoms with van der Waals surface area (Å²) in [6.45, 7) is 3.26. The lowest BCUT2D eigenvalue weighted by atomic mass is 10.1. The topological polar surface area (TPSA) is 115 Å². The third-order valence-electron chi connectivity index (χ3n) is 3.04. The number of rotatable bonds is 3. The second kappa shape index (κ2) is 5.16. The maximum absolute atomic E-state index is 11.4. The molecule has 0 spiro atoms. The van der Waals surface area contributed by atoms with Crippen LogP contribution in [0, 0.1) is 24.0 Å². The van der Waals surface area contributed by atoms with Crippen molar-refractivity contribution in [3.63, 3.8) is 0 Å². The molecule has 8 heteroatoms. The van der Waals surface area contributed by atoms with Gasteiger partial charge in [-0.05, 0) is 19.4 Å². The van der Waals surface area contributed by atoms with E-state index in [-0.39, 0.29) is 5.69 Å².